The normalized spacial score (nSPS) is 23.7. The smallest absolute Gasteiger partial charge is 0.175 e. The van der Waals surface area contributed by atoms with Gasteiger partial charge in [-0.05, 0) is 12.8 Å². The minimum absolute atomic E-state index is 0.0160. The molecule has 1 aliphatic carbocycles. The van der Waals surface area contributed by atoms with Crippen molar-refractivity contribution in [3.63, 3.8) is 0 Å². The summed E-state index contributed by atoms with van der Waals surface area (Å²) in [5.41, 5.74) is 0.817. The molecule has 7 heteroatoms. The van der Waals surface area contributed by atoms with Crippen LogP contribution in [0.25, 0.3) is 10.9 Å². The zero-order chi connectivity index (χ0) is 13.4. The first kappa shape index (κ1) is 12.6. The van der Waals surface area contributed by atoms with Gasteiger partial charge in [0, 0.05) is 7.05 Å². The first-order valence-corrected chi connectivity index (χ1v) is 6.83. The molecule has 3 rings (SSSR count). The molecular weight excluding hydrogens is 266 g/mol. The van der Waals surface area contributed by atoms with Crippen molar-refractivity contribution in [1.82, 2.24) is 20.0 Å². The number of rotatable bonds is 2. The van der Waals surface area contributed by atoms with Gasteiger partial charge in [0.2, 0.25) is 0 Å². The van der Waals surface area contributed by atoms with Gasteiger partial charge in [0.05, 0.1) is 23.7 Å². The quantitative estimate of drug-likeness (QED) is 0.877. The van der Waals surface area contributed by atoms with E-state index in [9.17, 15) is 5.11 Å². The van der Waals surface area contributed by atoms with Crippen molar-refractivity contribution in [2.45, 2.75) is 37.8 Å². The molecule has 19 heavy (non-hydrogen) atoms. The fraction of sp³-hybridized carbons (Fsp3) is 0.583. The summed E-state index contributed by atoms with van der Waals surface area (Å²) in [5, 5.41) is 26.6. The molecule has 0 saturated heterocycles. The molecule has 2 aromatic heterocycles. The third-order valence-corrected chi connectivity index (χ3v) is 3.95. The van der Waals surface area contributed by atoms with Crippen LogP contribution in [-0.4, -0.2) is 37.2 Å². The van der Waals surface area contributed by atoms with E-state index >= 15 is 0 Å². The van der Waals surface area contributed by atoms with Gasteiger partial charge in [0.25, 0.3) is 0 Å². The SMILES string of the molecule is Cn1ncc2c(Cl)nnc(N[C@@H]3CCCC[C@H]3O)c21. The number of aliphatic hydroxyl groups is 1. The lowest BCUT2D eigenvalue weighted by molar-refractivity contribution is 0.116. The van der Waals surface area contributed by atoms with Gasteiger partial charge in [0.1, 0.15) is 5.52 Å². The fourth-order valence-electron chi connectivity index (χ4n) is 2.62. The van der Waals surface area contributed by atoms with Crippen molar-refractivity contribution < 1.29 is 5.11 Å². The largest absolute Gasteiger partial charge is 0.391 e. The summed E-state index contributed by atoms with van der Waals surface area (Å²) in [7, 11) is 1.84. The van der Waals surface area contributed by atoms with E-state index < -0.39 is 0 Å². The molecule has 102 valence electrons. The van der Waals surface area contributed by atoms with Crippen LogP contribution in [0.3, 0.4) is 0 Å². The van der Waals surface area contributed by atoms with Gasteiger partial charge >= 0.3 is 0 Å². The summed E-state index contributed by atoms with van der Waals surface area (Å²) in [6, 6.07) is 0.0160. The van der Waals surface area contributed by atoms with Gasteiger partial charge in [-0.15, -0.1) is 10.2 Å². The maximum atomic E-state index is 10.0. The second-order valence-electron chi connectivity index (χ2n) is 4.97. The van der Waals surface area contributed by atoms with Crippen LogP contribution < -0.4 is 5.32 Å². The molecule has 1 saturated carbocycles. The number of nitrogens with one attached hydrogen (secondary N) is 1. The number of hydrogen-bond acceptors (Lipinski definition) is 5. The van der Waals surface area contributed by atoms with Gasteiger partial charge in [0.15, 0.2) is 11.0 Å². The van der Waals surface area contributed by atoms with Crippen molar-refractivity contribution in [3.8, 4) is 0 Å². The number of halogens is 1. The van der Waals surface area contributed by atoms with Crippen LogP contribution in [0.4, 0.5) is 5.82 Å². The Kier molecular flexibility index (Phi) is 3.28. The average molecular weight is 282 g/mol. The van der Waals surface area contributed by atoms with Crippen molar-refractivity contribution >= 4 is 28.3 Å². The van der Waals surface area contributed by atoms with Crippen LogP contribution >= 0.6 is 11.6 Å². The summed E-state index contributed by atoms with van der Waals surface area (Å²) in [5.74, 6) is 0.630. The molecular formula is C12H16ClN5O. The average Bonchev–Trinajstić information content (AvgIpc) is 2.79. The highest BCUT2D eigenvalue weighted by Gasteiger charge is 2.24. The minimum Gasteiger partial charge on any atom is -0.391 e. The first-order chi connectivity index (χ1) is 9.16. The molecule has 2 atom stereocenters. The Hall–Kier alpha value is -1.40. The number of anilines is 1. The Morgan fingerprint density at radius 1 is 1.37 bits per heavy atom. The summed E-state index contributed by atoms with van der Waals surface area (Å²) in [6.45, 7) is 0. The third kappa shape index (κ3) is 2.26. The Bertz CT molecular complexity index is 599. The standard InChI is InChI=1S/C12H16ClN5O/c1-18-10-7(6-14-18)11(13)16-17-12(10)15-8-4-2-3-5-9(8)19/h6,8-9,19H,2-5H2,1H3,(H,15,17)/t8-,9-/m1/s1. The molecule has 0 amide bonds. The molecule has 2 aromatic rings. The fourth-order valence-corrected chi connectivity index (χ4v) is 2.79. The highest BCUT2D eigenvalue weighted by molar-refractivity contribution is 6.34. The van der Waals surface area contributed by atoms with E-state index in [1.54, 1.807) is 10.9 Å². The zero-order valence-electron chi connectivity index (χ0n) is 10.7. The van der Waals surface area contributed by atoms with E-state index in [1.807, 2.05) is 7.05 Å². The van der Waals surface area contributed by atoms with Gasteiger partial charge in [-0.1, -0.05) is 24.4 Å². The van der Waals surface area contributed by atoms with Gasteiger partial charge in [-0.25, -0.2) is 0 Å². The van der Waals surface area contributed by atoms with Crippen LogP contribution in [0.2, 0.25) is 5.15 Å². The predicted octanol–water partition coefficient (Wildman–Crippen LogP) is 1.73. The molecule has 0 bridgehead atoms. The second kappa shape index (κ2) is 4.94. The van der Waals surface area contributed by atoms with E-state index in [2.05, 4.69) is 20.6 Å². The summed E-state index contributed by atoms with van der Waals surface area (Å²) in [6.07, 6.45) is 5.29. The Labute approximate surface area is 115 Å². The molecule has 0 aliphatic heterocycles. The van der Waals surface area contributed by atoms with Crippen LogP contribution in [0.1, 0.15) is 25.7 Å². The van der Waals surface area contributed by atoms with Crippen molar-refractivity contribution in [3.05, 3.63) is 11.3 Å². The Morgan fingerprint density at radius 3 is 2.95 bits per heavy atom. The number of nitrogens with zero attached hydrogens (tertiary/aromatic N) is 4. The summed E-state index contributed by atoms with van der Waals surface area (Å²) in [4.78, 5) is 0. The molecule has 2 N–H and O–H groups in total. The number of fused-ring (bicyclic) bond motifs is 1. The van der Waals surface area contributed by atoms with E-state index in [-0.39, 0.29) is 12.1 Å². The minimum atomic E-state index is -0.338. The highest BCUT2D eigenvalue weighted by Crippen LogP contribution is 2.28. The van der Waals surface area contributed by atoms with Gasteiger partial charge in [-0.3, -0.25) is 4.68 Å². The summed E-state index contributed by atoms with van der Waals surface area (Å²) < 4.78 is 1.72. The van der Waals surface area contributed by atoms with Gasteiger partial charge in [-0.2, -0.15) is 5.10 Å². The van der Waals surface area contributed by atoms with Crippen LogP contribution in [-0.2, 0) is 7.05 Å². The number of aliphatic hydroxyl groups excluding tert-OH is 1. The number of hydrogen-bond donors (Lipinski definition) is 2. The van der Waals surface area contributed by atoms with E-state index in [4.69, 9.17) is 11.6 Å². The molecule has 2 heterocycles. The monoisotopic (exact) mass is 281 g/mol. The molecule has 6 nitrogen and oxygen atoms in total. The van der Waals surface area contributed by atoms with Crippen LogP contribution in [0, 0.1) is 0 Å². The van der Waals surface area contributed by atoms with Gasteiger partial charge < -0.3 is 10.4 Å². The lowest BCUT2D eigenvalue weighted by Gasteiger charge is -2.28. The summed E-state index contributed by atoms with van der Waals surface area (Å²) >= 11 is 6.01. The predicted molar refractivity (Wildman–Crippen MR) is 73.2 cm³/mol. The topological polar surface area (TPSA) is 75.9 Å². The number of aromatic nitrogens is 4. The molecule has 1 fully saturated rings. The van der Waals surface area contributed by atoms with Crippen molar-refractivity contribution in [2.24, 2.45) is 7.05 Å². The van der Waals surface area contributed by atoms with E-state index in [0.717, 1.165) is 36.6 Å². The highest BCUT2D eigenvalue weighted by atomic mass is 35.5. The van der Waals surface area contributed by atoms with E-state index in [0.29, 0.717) is 11.0 Å². The van der Waals surface area contributed by atoms with Crippen LogP contribution in [0.5, 0.6) is 0 Å². The maximum Gasteiger partial charge on any atom is 0.175 e. The Morgan fingerprint density at radius 2 is 2.16 bits per heavy atom. The first-order valence-electron chi connectivity index (χ1n) is 6.45. The molecule has 0 spiro atoms. The second-order valence-corrected chi connectivity index (χ2v) is 5.33. The molecule has 0 unspecified atom stereocenters. The third-order valence-electron chi connectivity index (χ3n) is 3.67. The van der Waals surface area contributed by atoms with E-state index in [1.165, 1.54) is 0 Å². The zero-order valence-corrected chi connectivity index (χ0v) is 11.4. The molecule has 1 aliphatic rings. The van der Waals surface area contributed by atoms with Crippen LogP contribution in [0.15, 0.2) is 6.20 Å². The van der Waals surface area contributed by atoms with Crippen molar-refractivity contribution in [2.75, 3.05) is 5.32 Å². The molecule has 0 radical (unpaired) electrons. The Balaban J connectivity index is 1.96. The lowest BCUT2D eigenvalue weighted by atomic mass is 9.92. The maximum absolute atomic E-state index is 10.0. The van der Waals surface area contributed by atoms with Crippen molar-refractivity contribution in [1.29, 1.82) is 0 Å². The lowest BCUT2D eigenvalue weighted by Crippen LogP contribution is -2.36. The number of aryl methyl sites for hydroxylation is 1. The molecule has 0 aromatic carbocycles.